The minimum Gasteiger partial charge on any atom is -0.370 e. The lowest BCUT2D eigenvalue weighted by Crippen LogP contribution is -2.36. The van der Waals surface area contributed by atoms with E-state index < -0.39 is 0 Å². The Balaban J connectivity index is 0.00000200. The number of hydrogen-bond donors (Lipinski definition) is 2. The average Bonchev–Trinajstić information content (AvgIpc) is 2.45. The molecule has 1 fully saturated rings. The van der Waals surface area contributed by atoms with Crippen LogP contribution in [0.2, 0.25) is 0 Å². The molecule has 0 aliphatic carbocycles. The van der Waals surface area contributed by atoms with E-state index in [2.05, 4.69) is 40.2 Å². The van der Waals surface area contributed by atoms with Crippen molar-refractivity contribution in [3.05, 3.63) is 35.9 Å². The molecule has 4 N–H and O–H groups in total. The first-order valence-corrected chi connectivity index (χ1v) is 7.05. The summed E-state index contributed by atoms with van der Waals surface area (Å²) in [5.41, 5.74) is 12.2. The predicted molar refractivity (Wildman–Crippen MR) is 94.5 cm³/mol. The van der Waals surface area contributed by atoms with Crippen LogP contribution in [0.3, 0.4) is 0 Å². The van der Waals surface area contributed by atoms with E-state index >= 15 is 0 Å². The molecule has 4 nitrogen and oxygen atoms in total. The molecule has 1 saturated heterocycles. The van der Waals surface area contributed by atoms with Crippen LogP contribution >= 0.6 is 24.8 Å². The Morgan fingerprint density at radius 3 is 2.29 bits per heavy atom. The van der Waals surface area contributed by atoms with Crippen molar-refractivity contribution in [2.45, 2.75) is 19.3 Å². The summed E-state index contributed by atoms with van der Waals surface area (Å²) in [5, 5.41) is 0. The number of piperidine rings is 1. The molecule has 120 valence electrons. The fourth-order valence-electron chi connectivity index (χ4n) is 2.56. The Kier molecular flexibility index (Phi) is 10.2. The number of benzene rings is 1. The molecule has 6 heteroatoms. The van der Waals surface area contributed by atoms with E-state index in [0.29, 0.717) is 5.92 Å². The zero-order valence-corrected chi connectivity index (χ0v) is 13.9. The number of nitrogens with zero attached hydrogens (tertiary/aromatic N) is 2. The standard InChI is InChI=1S/C15H24N4.2ClH/c16-15(17)18-12-14-7-10-19(11-8-14)9-6-13-4-2-1-3-5-13;;/h1-5,14H,6-12H2,(H4,16,17,18);2*1H. The van der Waals surface area contributed by atoms with Crippen molar-refractivity contribution in [3.63, 3.8) is 0 Å². The molecular formula is C15H26Cl2N4. The molecule has 0 saturated carbocycles. The van der Waals surface area contributed by atoms with Crippen LogP contribution in [0, 0.1) is 5.92 Å². The minimum atomic E-state index is 0. The highest BCUT2D eigenvalue weighted by Crippen LogP contribution is 2.17. The molecular weight excluding hydrogens is 307 g/mol. The van der Waals surface area contributed by atoms with Crippen LogP contribution in [0.1, 0.15) is 18.4 Å². The fraction of sp³-hybridized carbons (Fsp3) is 0.533. The van der Waals surface area contributed by atoms with E-state index in [0.717, 1.165) is 32.6 Å². The Morgan fingerprint density at radius 1 is 1.10 bits per heavy atom. The van der Waals surface area contributed by atoms with Gasteiger partial charge in [0.2, 0.25) is 0 Å². The predicted octanol–water partition coefficient (Wildman–Crippen LogP) is 2.06. The van der Waals surface area contributed by atoms with Gasteiger partial charge >= 0.3 is 0 Å². The van der Waals surface area contributed by atoms with Gasteiger partial charge in [-0.3, -0.25) is 4.99 Å². The molecule has 2 rings (SSSR count). The molecule has 0 spiro atoms. The normalized spacial score (nSPS) is 15.6. The lowest BCUT2D eigenvalue weighted by atomic mass is 9.96. The molecule has 1 aromatic carbocycles. The second-order valence-electron chi connectivity index (χ2n) is 5.29. The molecule has 0 radical (unpaired) electrons. The number of nitrogens with two attached hydrogens (primary N) is 2. The van der Waals surface area contributed by atoms with Gasteiger partial charge in [0.05, 0.1) is 0 Å². The summed E-state index contributed by atoms with van der Waals surface area (Å²) in [4.78, 5) is 6.66. The van der Waals surface area contributed by atoms with Crippen molar-refractivity contribution in [1.82, 2.24) is 4.90 Å². The lowest BCUT2D eigenvalue weighted by Gasteiger charge is -2.31. The van der Waals surface area contributed by atoms with Gasteiger partial charge in [-0.2, -0.15) is 0 Å². The van der Waals surface area contributed by atoms with E-state index in [1.54, 1.807) is 0 Å². The number of hydrogen-bond acceptors (Lipinski definition) is 2. The highest BCUT2D eigenvalue weighted by atomic mass is 35.5. The lowest BCUT2D eigenvalue weighted by molar-refractivity contribution is 0.189. The van der Waals surface area contributed by atoms with Gasteiger partial charge in [-0.05, 0) is 43.8 Å². The largest absolute Gasteiger partial charge is 0.370 e. The molecule has 0 atom stereocenters. The minimum absolute atomic E-state index is 0. The summed E-state index contributed by atoms with van der Waals surface area (Å²) in [7, 11) is 0. The SMILES string of the molecule is Cl.Cl.NC(N)=NCC1CCN(CCc2ccccc2)CC1. The van der Waals surface area contributed by atoms with Gasteiger partial charge in [-0.1, -0.05) is 30.3 Å². The fourth-order valence-corrected chi connectivity index (χ4v) is 2.56. The molecule has 21 heavy (non-hydrogen) atoms. The molecule has 1 heterocycles. The average molecular weight is 333 g/mol. The van der Waals surface area contributed by atoms with E-state index in [1.165, 1.54) is 18.4 Å². The zero-order chi connectivity index (χ0) is 13.5. The van der Waals surface area contributed by atoms with Crippen molar-refractivity contribution in [2.24, 2.45) is 22.4 Å². The van der Waals surface area contributed by atoms with Crippen molar-refractivity contribution in [2.75, 3.05) is 26.2 Å². The first kappa shape index (κ1) is 20.0. The summed E-state index contributed by atoms with van der Waals surface area (Å²) in [6.07, 6.45) is 3.54. The van der Waals surface area contributed by atoms with E-state index in [9.17, 15) is 0 Å². The van der Waals surface area contributed by atoms with Crippen LogP contribution in [0.5, 0.6) is 0 Å². The Morgan fingerprint density at radius 2 is 1.71 bits per heavy atom. The van der Waals surface area contributed by atoms with Gasteiger partial charge in [-0.15, -0.1) is 24.8 Å². The van der Waals surface area contributed by atoms with Crippen molar-refractivity contribution >= 4 is 30.8 Å². The van der Waals surface area contributed by atoms with E-state index in [4.69, 9.17) is 11.5 Å². The quantitative estimate of drug-likeness (QED) is 0.640. The molecule has 0 aromatic heterocycles. The first-order valence-electron chi connectivity index (χ1n) is 7.05. The molecule has 1 aliphatic rings. The van der Waals surface area contributed by atoms with Crippen LogP contribution in [-0.2, 0) is 6.42 Å². The van der Waals surface area contributed by atoms with Gasteiger partial charge in [0, 0.05) is 13.1 Å². The third-order valence-corrected chi connectivity index (χ3v) is 3.80. The van der Waals surface area contributed by atoms with Crippen molar-refractivity contribution < 1.29 is 0 Å². The topological polar surface area (TPSA) is 67.6 Å². The molecule has 1 aliphatic heterocycles. The van der Waals surface area contributed by atoms with Crippen LogP contribution in [0.15, 0.2) is 35.3 Å². The van der Waals surface area contributed by atoms with E-state index in [-0.39, 0.29) is 30.8 Å². The highest BCUT2D eigenvalue weighted by Gasteiger charge is 2.18. The smallest absolute Gasteiger partial charge is 0.185 e. The summed E-state index contributed by atoms with van der Waals surface area (Å²) >= 11 is 0. The van der Waals surface area contributed by atoms with Crippen LogP contribution in [0.4, 0.5) is 0 Å². The molecule has 1 aromatic rings. The van der Waals surface area contributed by atoms with Gasteiger partial charge in [0.1, 0.15) is 0 Å². The summed E-state index contributed by atoms with van der Waals surface area (Å²) in [5.74, 6) is 0.863. The van der Waals surface area contributed by atoms with Crippen LogP contribution in [-0.4, -0.2) is 37.0 Å². The number of halogens is 2. The molecule has 0 bridgehead atoms. The zero-order valence-electron chi connectivity index (χ0n) is 12.3. The first-order chi connectivity index (χ1) is 9.24. The number of likely N-dealkylation sites (tertiary alicyclic amines) is 1. The number of rotatable bonds is 5. The number of guanidine groups is 1. The third-order valence-electron chi connectivity index (χ3n) is 3.80. The summed E-state index contributed by atoms with van der Waals surface area (Å²) in [6, 6.07) is 10.7. The molecule has 0 unspecified atom stereocenters. The van der Waals surface area contributed by atoms with Crippen molar-refractivity contribution in [1.29, 1.82) is 0 Å². The van der Waals surface area contributed by atoms with Gasteiger partial charge in [0.15, 0.2) is 5.96 Å². The summed E-state index contributed by atoms with van der Waals surface area (Å²) < 4.78 is 0. The van der Waals surface area contributed by atoms with Crippen molar-refractivity contribution in [3.8, 4) is 0 Å². The molecule has 0 amide bonds. The summed E-state index contributed by atoms with van der Waals surface area (Å²) in [6.45, 7) is 4.27. The maximum atomic E-state index is 5.37. The number of aliphatic imine (C=N–C) groups is 1. The second-order valence-corrected chi connectivity index (χ2v) is 5.29. The Labute approximate surface area is 139 Å². The Hall–Kier alpha value is -0.970. The van der Waals surface area contributed by atoms with Crippen LogP contribution in [0.25, 0.3) is 0 Å². The van der Waals surface area contributed by atoms with Crippen LogP contribution < -0.4 is 11.5 Å². The second kappa shape index (κ2) is 10.7. The van der Waals surface area contributed by atoms with Gasteiger partial charge in [-0.25, -0.2) is 0 Å². The highest BCUT2D eigenvalue weighted by molar-refractivity contribution is 5.85. The monoisotopic (exact) mass is 332 g/mol. The third kappa shape index (κ3) is 7.55. The van der Waals surface area contributed by atoms with E-state index in [1.807, 2.05) is 0 Å². The van der Waals surface area contributed by atoms with Gasteiger partial charge < -0.3 is 16.4 Å². The maximum absolute atomic E-state index is 5.37. The van der Waals surface area contributed by atoms with Gasteiger partial charge in [0.25, 0.3) is 0 Å². The Bertz CT molecular complexity index is 399. The maximum Gasteiger partial charge on any atom is 0.185 e.